The molecule has 0 aliphatic heterocycles. The zero-order chi connectivity index (χ0) is 10.1. The van der Waals surface area contributed by atoms with E-state index in [-0.39, 0.29) is 0 Å². The Hall–Kier alpha value is -1.36. The number of nitrogens with zero attached hydrogens (tertiary/aromatic N) is 3. The van der Waals surface area contributed by atoms with E-state index in [1.165, 1.54) is 4.80 Å². The number of hydrogen-bond acceptors (Lipinski definition) is 2. The summed E-state index contributed by atoms with van der Waals surface area (Å²) in [6, 6.07) is 7.52. The first-order chi connectivity index (χ1) is 6.66. The molecule has 72 valence electrons. The van der Waals surface area contributed by atoms with Crippen molar-refractivity contribution < 1.29 is 10.1 Å². The third-order valence-electron chi connectivity index (χ3n) is 1.81. The standard InChI is InChI=1S/C9H9BrN3O/c1-7-6-12(14)13(11-7)9-4-2-8(10)3-5-9/h2-6,14H,1H3/q+1. The zero-order valence-electron chi connectivity index (χ0n) is 7.55. The molecule has 2 aromatic rings. The van der Waals surface area contributed by atoms with Gasteiger partial charge in [-0.2, -0.15) is 0 Å². The van der Waals surface area contributed by atoms with Crippen molar-refractivity contribution in [2.24, 2.45) is 0 Å². The summed E-state index contributed by atoms with van der Waals surface area (Å²) in [5.41, 5.74) is 1.57. The van der Waals surface area contributed by atoms with Gasteiger partial charge in [-0.15, -0.1) is 0 Å². The maximum absolute atomic E-state index is 9.46. The number of halogens is 1. The minimum atomic E-state index is 0.760. The summed E-state index contributed by atoms with van der Waals surface area (Å²) in [5.74, 6) is 0. The molecule has 0 bridgehead atoms. The fourth-order valence-corrected chi connectivity index (χ4v) is 1.46. The first-order valence-electron chi connectivity index (χ1n) is 4.10. The van der Waals surface area contributed by atoms with Gasteiger partial charge in [0.2, 0.25) is 11.9 Å². The van der Waals surface area contributed by atoms with E-state index in [0.717, 1.165) is 20.7 Å². The smallest absolute Gasteiger partial charge is 0.220 e. The summed E-state index contributed by atoms with van der Waals surface area (Å²) in [4.78, 5) is 2.38. The third kappa shape index (κ3) is 1.63. The van der Waals surface area contributed by atoms with E-state index in [4.69, 9.17) is 0 Å². The van der Waals surface area contributed by atoms with E-state index >= 15 is 0 Å². The van der Waals surface area contributed by atoms with Crippen LogP contribution in [-0.4, -0.2) is 15.1 Å². The quantitative estimate of drug-likeness (QED) is 0.619. The molecule has 5 heteroatoms. The number of rotatable bonds is 1. The summed E-state index contributed by atoms with van der Waals surface area (Å²) in [6.45, 7) is 1.82. The van der Waals surface area contributed by atoms with Gasteiger partial charge < -0.3 is 5.21 Å². The van der Waals surface area contributed by atoms with Crippen LogP contribution in [0.15, 0.2) is 34.9 Å². The first kappa shape index (κ1) is 9.21. The lowest BCUT2D eigenvalue weighted by atomic mass is 10.3. The molecule has 4 nitrogen and oxygen atoms in total. The van der Waals surface area contributed by atoms with Crippen molar-refractivity contribution in [3.63, 3.8) is 0 Å². The van der Waals surface area contributed by atoms with Crippen molar-refractivity contribution in [3.8, 4) is 5.69 Å². The van der Waals surface area contributed by atoms with Gasteiger partial charge in [0.25, 0.3) is 0 Å². The van der Waals surface area contributed by atoms with Gasteiger partial charge in [-0.05, 0) is 24.3 Å². The van der Waals surface area contributed by atoms with Gasteiger partial charge in [-0.1, -0.05) is 15.9 Å². The lowest BCUT2D eigenvalue weighted by Gasteiger charge is -1.95. The molecule has 0 aliphatic carbocycles. The summed E-state index contributed by atoms with van der Waals surface area (Å²) < 4.78 is 0.995. The Bertz CT molecular complexity index is 450. The predicted molar refractivity (Wildman–Crippen MR) is 53.4 cm³/mol. The largest absolute Gasteiger partial charge is 0.331 e. The maximum Gasteiger partial charge on any atom is 0.220 e. The van der Waals surface area contributed by atoms with E-state index in [1.54, 1.807) is 6.20 Å². The Morgan fingerprint density at radius 3 is 2.50 bits per heavy atom. The normalized spacial score (nSPS) is 10.4. The Balaban J connectivity index is 2.49. The molecule has 1 N–H and O–H groups in total. The average Bonchev–Trinajstić information content (AvgIpc) is 2.47. The molecule has 2 rings (SSSR count). The fraction of sp³-hybridized carbons (Fsp3) is 0.111. The van der Waals surface area contributed by atoms with E-state index in [0.29, 0.717) is 0 Å². The van der Waals surface area contributed by atoms with Crippen molar-refractivity contribution in [3.05, 3.63) is 40.6 Å². The third-order valence-corrected chi connectivity index (χ3v) is 2.34. The van der Waals surface area contributed by atoms with E-state index in [9.17, 15) is 5.21 Å². The SMILES string of the molecule is Cc1c[n+](O)n(-c2ccc(Br)cc2)n1. The van der Waals surface area contributed by atoms with Gasteiger partial charge in [0.05, 0.1) is 5.10 Å². The van der Waals surface area contributed by atoms with Crippen molar-refractivity contribution in [2.75, 3.05) is 0 Å². The van der Waals surface area contributed by atoms with E-state index < -0.39 is 0 Å². The molecule has 0 saturated heterocycles. The number of hydrogen-bond donors (Lipinski definition) is 1. The first-order valence-corrected chi connectivity index (χ1v) is 4.90. The highest BCUT2D eigenvalue weighted by atomic mass is 79.9. The van der Waals surface area contributed by atoms with Crippen LogP contribution >= 0.6 is 15.9 Å². The van der Waals surface area contributed by atoms with Gasteiger partial charge in [-0.3, -0.25) is 0 Å². The molecular formula is C9H9BrN3O+. The fourth-order valence-electron chi connectivity index (χ4n) is 1.19. The highest BCUT2D eigenvalue weighted by molar-refractivity contribution is 9.10. The lowest BCUT2D eigenvalue weighted by Crippen LogP contribution is -2.39. The van der Waals surface area contributed by atoms with Crippen LogP contribution in [0.3, 0.4) is 0 Å². The van der Waals surface area contributed by atoms with Crippen LogP contribution in [0.5, 0.6) is 0 Å². The molecule has 0 unspecified atom stereocenters. The van der Waals surface area contributed by atoms with Crippen molar-refractivity contribution in [2.45, 2.75) is 6.92 Å². The minimum Gasteiger partial charge on any atom is -0.331 e. The van der Waals surface area contributed by atoms with Crippen LogP contribution in [0.2, 0.25) is 0 Å². The van der Waals surface area contributed by atoms with E-state index in [2.05, 4.69) is 21.0 Å². The molecule has 1 heterocycles. The van der Waals surface area contributed by atoms with Gasteiger partial charge in [0, 0.05) is 21.0 Å². The topological polar surface area (TPSA) is 41.9 Å². The number of aryl methyl sites for hydroxylation is 1. The van der Waals surface area contributed by atoms with Gasteiger partial charge >= 0.3 is 0 Å². The van der Waals surface area contributed by atoms with Gasteiger partial charge in [0.15, 0.2) is 0 Å². The van der Waals surface area contributed by atoms with Crippen LogP contribution in [-0.2, 0) is 0 Å². The zero-order valence-corrected chi connectivity index (χ0v) is 9.14. The maximum atomic E-state index is 9.46. The Morgan fingerprint density at radius 2 is 2.00 bits per heavy atom. The molecule has 0 fully saturated rings. The minimum absolute atomic E-state index is 0.760. The monoisotopic (exact) mass is 254 g/mol. The molecule has 0 atom stereocenters. The molecule has 0 aliphatic rings. The summed E-state index contributed by atoms with van der Waals surface area (Å²) >= 11 is 3.34. The molecule has 0 amide bonds. The molecule has 0 radical (unpaired) electrons. The highest BCUT2D eigenvalue weighted by Gasteiger charge is 2.13. The summed E-state index contributed by atoms with van der Waals surface area (Å²) in [5, 5.41) is 13.6. The average molecular weight is 255 g/mol. The van der Waals surface area contributed by atoms with Crippen molar-refractivity contribution >= 4 is 15.9 Å². The number of benzene rings is 1. The Labute approximate surface area is 89.5 Å². The van der Waals surface area contributed by atoms with Crippen molar-refractivity contribution in [1.82, 2.24) is 9.90 Å². The molecule has 1 aromatic heterocycles. The molecule has 0 spiro atoms. The summed E-state index contributed by atoms with van der Waals surface area (Å²) in [7, 11) is 0. The van der Waals surface area contributed by atoms with Crippen LogP contribution in [0.4, 0.5) is 0 Å². The highest BCUT2D eigenvalue weighted by Crippen LogP contribution is 2.11. The number of aromatic nitrogens is 3. The van der Waals surface area contributed by atoms with Crippen LogP contribution in [0, 0.1) is 6.92 Å². The predicted octanol–water partition coefficient (Wildman–Crippen LogP) is 1.47. The molecular weight excluding hydrogens is 246 g/mol. The second kappa shape index (κ2) is 3.42. The second-order valence-corrected chi connectivity index (χ2v) is 3.87. The second-order valence-electron chi connectivity index (χ2n) is 2.96. The molecule has 0 saturated carbocycles. The Kier molecular flexibility index (Phi) is 2.25. The van der Waals surface area contributed by atoms with Crippen LogP contribution in [0.1, 0.15) is 5.69 Å². The Morgan fingerprint density at radius 1 is 1.36 bits per heavy atom. The van der Waals surface area contributed by atoms with Crippen LogP contribution in [0.25, 0.3) is 5.69 Å². The van der Waals surface area contributed by atoms with Crippen LogP contribution < -0.4 is 4.85 Å². The molecule has 14 heavy (non-hydrogen) atoms. The van der Waals surface area contributed by atoms with Gasteiger partial charge in [-0.25, -0.2) is 0 Å². The summed E-state index contributed by atoms with van der Waals surface area (Å²) in [6.07, 6.45) is 1.54. The molecule has 1 aromatic carbocycles. The van der Waals surface area contributed by atoms with Gasteiger partial charge in [0.1, 0.15) is 5.69 Å². The lowest BCUT2D eigenvalue weighted by molar-refractivity contribution is -0.961. The van der Waals surface area contributed by atoms with E-state index in [1.807, 2.05) is 31.2 Å². The van der Waals surface area contributed by atoms with Crippen molar-refractivity contribution in [1.29, 1.82) is 0 Å².